The van der Waals surface area contributed by atoms with E-state index in [1.807, 2.05) is 24.3 Å². The van der Waals surface area contributed by atoms with Gasteiger partial charge in [-0.15, -0.1) is 0 Å². The van der Waals surface area contributed by atoms with Crippen molar-refractivity contribution < 1.29 is 0 Å². The molecule has 1 aromatic rings. The fourth-order valence-electron chi connectivity index (χ4n) is 1.12. The molecular weight excluding hydrogens is 172 g/mol. The molecule has 78 valence electrons. The molecule has 0 aliphatic heterocycles. The highest BCUT2D eigenvalue weighted by Gasteiger charge is 2.05. The first kappa shape index (κ1) is 10.9. The Balaban J connectivity index is 2.42. The third kappa shape index (κ3) is 3.29. The van der Waals surface area contributed by atoms with Gasteiger partial charge in [0.05, 0.1) is 0 Å². The average molecular weight is 192 g/mol. The fourth-order valence-corrected chi connectivity index (χ4v) is 1.12. The zero-order valence-electron chi connectivity index (χ0n) is 9.25. The lowest BCUT2D eigenvalue weighted by molar-refractivity contribution is 0.440. The largest absolute Gasteiger partial charge is 0.399 e. The molecular formula is C12H20N2. The molecule has 1 aromatic carbocycles. The minimum absolute atomic E-state index is 0.688. The molecule has 0 saturated carbocycles. The minimum Gasteiger partial charge on any atom is -0.399 e. The number of nitrogen functional groups attached to an aromatic ring is 1. The third-order valence-electron chi connectivity index (χ3n) is 2.68. The van der Waals surface area contributed by atoms with Crippen molar-refractivity contribution in [2.45, 2.75) is 20.8 Å². The lowest BCUT2D eigenvalue weighted by Gasteiger charge is -2.16. The van der Waals surface area contributed by atoms with E-state index in [4.69, 9.17) is 5.73 Å². The van der Waals surface area contributed by atoms with Gasteiger partial charge < -0.3 is 11.1 Å². The first-order valence-electron chi connectivity index (χ1n) is 5.19. The first-order chi connectivity index (χ1) is 6.59. The Morgan fingerprint density at radius 2 is 1.71 bits per heavy atom. The van der Waals surface area contributed by atoms with Gasteiger partial charge in [-0.05, 0) is 36.1 Å². The van der Waals surface area contributed by atoms with E-state index >= 15 is 0 Å². The molecule has 0 bridgehead atoms. The molecule has 0 aliphatic carbocycles. The van der Waals surface area contributed by atoms with Gasteiger partial charge in [0.15, 0.2) is 0 Å². The highest BCUT2D eigenvalue weighted by molar-refractivity contribution is 5.51. The number of benzene rings is 1. The zero-order valence-corrected chi connectivity index (χ0v) is 9.25. The summed E-state index contributed by atoms with van der Waals surface area (Å²) in [6.07, 6.45) is 0. The molecule has 0 aliphatic rings. The van der Waals surface area contributed by atoms with Gasteiger partial charge in [-0.2, -0.15) is 0 Å². The van der Waals surface area contributed by atoms with E-state index < -0.39 is 0 Å². The molecule has 0 amide bonds. The Kier molecular flexibility index (Phi) is 3.81. The molecule has 2 nitrogen and oxygen atoms in total. The van der Waals surface area contributed by atoms with E-state index in [9.17, 15) is 0 Å². The normalized spacial score (nSPS) is 12.9. The van der Waals surface area contributed by atoms with Gasteiger partial charge >= 0.3 is 0 Å². The summed E-state index contributed by atoms with van der Waals surface area (Å²) in [5.41, 5.74) is 7.56. The summed E-state index contributed by atoms with van der Waals surface area (Å²) >= 11 is 0. The summed E-state index contributed by atoms with van der Waals surface area (Å²) in [4.78, 5) is 0. The van der Waals surface area contributed by atoms with Crippen LogP contribution in [0.4, 0.5) is 11.4 Å². The summed E-state index contributed by atoms with van der Waals surface area (Å²) in [6, 6.07) is 7.87. The van der Waals surface area contributed by atoms with Crippen molar-refractivity contribution in [2.75, 3.05) is 17.6 Å². The number of anilines is 2. The summed E-state index contributed by atoms with van der Waals surface area (Å²) in [7, 11) is 0. The maximum Gasteiger partial charge on any atom is 0.0341 e. The van der Waals surface area contributed by atoms with E-state index in [-0.39, 0.29) is 0 Å². The molecule has 0 aromatic heterocycles. The molecule has 0 heterocycles. The number of nitrogens with one attached hydrogen (secondary N) is 1. The maximum atomic E-state index is 5.60. The Morgan fingerprint density at radius 1 is 1.14 bits per heavy atom. The Hall–Kier alpha value is -1.18. The van der Waals surface area contributed by atoms with E-state index in [1.165, 1.54) is 0 Å². The predicted molar refractivity (Wildman–Crippen MR) is 63.3 cm³/mol. The van der Waals surface area contributed by atoms with Crippen LogP contribution < -0.4 is 11.1 Å². The third-order valence-corrected chi connectivity index (χ3v) is 2.68. The molecule has 2 heteroatoms. The summed E-state index contributed by atoms with van der Waals surface area (Å²) in [6.45, 7) is 7.77. The van der Waals surface area contributed by atoms with Gasteiger partial charge in [0, 0.05) is 17.9 Å². The van der Waals surface area contributed by atoms with Gasteiger partial charge in [-0.1, -0.05) is 20.8 Å². The van der Waals surface area contributed by atoms with Gasteiger partial charge in [0.2, 0.25) is 0 Å². The number of hydrogen-bond acceptors (Lipinski definition) is 2. The molecule has 1 rings (SSSR count). The molecule has 3 N–H and O–H groups in total. The minimum atomic E-state index is 0.688. The van der Waals surface area contributed by atoms with Gasteiger partial charge in [0.25, 0.3) is 0 Å². The van der Waals surface area contributed by atoms with Crippen LogP contribution in [0.15, 0.2) is 24.3 Å². The van der Waals surface area contributed by atoms with Crippen LogP contribution in [0.2, 0.25) is 0 Å². The zero-order chi connectivity index (χ0) is 10.6. The standard InChI is InChI=1S/C12H20N2/c1-9(2)10(3)8-14-12-6-4-11(13)5-7-12/h4-7,9-10,14H,8,13H2,1-3H3. The Bertz CT molecular complexity index is 264. The smallest absolute Gasteiger partial charge is 0.0341 e. The van der Waals surface area contributed by atoms with Crippen LogP contribution in [0.1, 0.15) is 20.8 Å². The molecule has 0 fully saturated rings. The number of nitrogens with two attached hydrogens (primary N) is 1. The summed E-state index contributed by atoms with van der Waals surface area (Å²) < 4.78 is 0. The van der Waals surface area contributed by atoms with Crippen molar-refractivity contribution in [3.63, 3.8) is 0 Å². The predicted octanol–water partition coefficient (Wildman–Crippen LogP) is 2.97. The first-order valence-corrected chi connectivity index (χ1v) is 5.19. The van der Waals surface area contributed by atoms with E-state index in [2.05, 4.69) is 26.1 Å². The van der Waals surface area contributed by atoms with Crippen LogP contribution in [0.25, 0.3) is 0 Å². The van der Waals surface area contributed by atoms with Crippen molar-refractivity contribution in [1.82, 2.24) is 0 Å². The van der Waals surface area contributed by atoms with Crippen molar-refractivity contribution >= 4 is 11.4 Å². The average Bonchev–Trinajstić information content (AvgIpc) is 2.16. The summed E-state index contributed by atoms with van der Waals surface area (Å²) in [5.74, 6) is 1.41. The lowest BCUT2D eigenvalue weighted by Crippen LogP contribution is -2.16. The van der Waals surface area contributed by atoms with Gasteiger partial charge in [0.1, 0.15) is 0 Å². The Labute approximate surface area is 86.5 Å². The van der Waals surface area contributed by atoms with E-state index in [1.54, 1.807) is 0 Å². The van der Waals surface area contributed by atoms with Crippen LogP contribution in [-0.4, -0.2) is 6.54 Å². The van der Waals surface area contributed by atoms with Crippen LogP contribution in [0.3, 0.4) is 0 Å². The van der Waals surface area contributed by atoms with Crippen LogP contribution in [-0.2, 0) is 0 Å². The van der Waals surface area contributed by atoms with Crippen molar-refractivity contribution in [1.29, 1.82) is 0 Å². The molecule has 14 heavy (non-hydrogen) atoms. The van der Waals surface area contributed by atoms with Crippen molar-refractivity contribution in [3.8, 4) is 0 Å². The maximum absolute atomic E-state index is 5.60. The second kappa shape index (κ2) is 4.89. The Morgan fingerprint density at radius 3 is 2.21 bits per heavy atom. The van der Waals surface area contributed by atoms with Crippen LogP contribution >= 0.6 is 0 Å². The quantitative estimate of drug-likeness (QED) is 0.720. The van der Waals surface area contributed by atoms with Gasteiger partial charge in [-0.3, -0.25) is 0 Å². The molecule has 0 radical (unpaired) electrons. The van der Waals surface area contributed by atoms with E-state index in [0.717, 1.165) is 23.8 Å². The van der Waals surface area contributed by atoms with Crippen molar-refractivity contribution in [3.05, 3.63) is 24.3 Å². The number of rotatable bonds is 4. The topological polar surface area (TPSA) is 38.0 Å². The monoisotopic (exact) mass is 192 g/mol. The molecule has 1 unspecified atom stereocenters. The second-order valence-electron chi connectivity index (χ2n) is 4.22. The van der Waals surface area contributed by atoms with Crippen LogP contribution in [0.5, 0.6) is 0 Å². The lowest BCUT2D eigenvalue weighted by atomic mass is 9.98. The molecule has 1 atom stereocenters. The fraction of sp³-hybridized carbons (Fsp3) is 0.500. The molecule has 0 spiro atoms. The van der Waals surface area contributed by atoms with Crippen molar-refractivity contribution in [2.24, 2.45) is 11.8 Å². The van der Waals surface area contributed by atoms with Crippen LogP contribution in [0, 0.1) is 11.8 Å². The van der Waals surface area contributed by atoms with E-state index in [0.29, 0.717) is 5.92 Å². The highest BCUT2D eigenvalue weighted by atomic mass is 14.9. The number of hydrogen-bond donors (Lipinski definition) is 2. The second-order valence-corrected chi connectivity index (χ2v) is 4.22. The summed E-state index contributed by atoms with van der Waals surface area (Å²) in [5, 5.41) is 3.40. The SMILES string of the molecule is CC(C)C(C)CNc1ccc(N)cc1. The highest BCUT2D eigenvalue weighted by Crippen LogP contribution is 2.14. The van der Waals surface area contributed by atoms with Gasteiger partial charge in [-0.25, -0.2) is 0 Å². The molecule has 0 saturated heterocycles.